The summed E-state index contributed by atoms with van der Waals surface area (Å²) in [5.41, 5.74) is 0.290. The molecule has 16 heavy (non-hydrogen) atoms. The monoisotopic (exact) mass is 240 g/mol. The lowest BCUT2D eigenvalue weighted by Crippen LogP contribution is -2.27. The van der Waals surface area contributed by atoms with E-state index in [9.17, 15) is 5.11 Å². The van der Waals surface area contributed by atoms with Crippen molar-refractivity contribution in [2.45, 2.75) is 38.7 Å². The van der Waals surface area contributed by atoms with E-state index in [0.29, 0.717) is 11.8 Å². The Labute approximate surface area is 103 Å². The van der Waals surface area contributed by atoms with E-state index in [1.54, 1.807) is 0 Å². The van der Waals surface area contributed by atoms with Crippen LogP contribution in [0.3, 0.4) is 0 Å². The van der Waals surface area contributed by atoms with Crippen LogP contribution in [0.15, 0.2) is 30.3 Å². The van der Waals surface area contributed by atoms with E-state index in [1.165, 1.54) is 0 Å². The van der Waals surface area contributed by atoms with E-state index in [-0.39, 0.29) is 0 Å². The predicted molar refractivity (Wildman–Crippen MR) is 69.7 cm³/mol. The Kier molecular flexibility index (Phi) is 5.30. The fourth-order valence-electron chi connectivity index (χ4n) is 2.15. The Hall–Kier alpha value is -0.530. The molecule has 0 aromatic heterocycles. The molecular weight excluding hydrogens is 220 g/mol. The van der Waals surface area contributed by atoms with Gasteiger partial charge in [-0.1, -0.05) is 44.2 Å². The molecule has 0 heterocycles. The van der Waals surface area contributed by atoms with E-state index < -0.39 is 5.60 Å². The van der Waals surface area contributed by atoms with Gasteiger partial charge in [-0.3, -0.25) is 0 Å². The first-order valence-corrected chi connectivity index (χ1v) is 6.46. The summed E-state index contributed by atoms with van der Waals surface area (Å²) in [6.07, 6.45) is 2.37. The van der Waals surface area contributed by atoms with Crippen molar-refractivity contribution in [3.63, 3.8) is 0 Å². The highest BCUT2D eigenvalue weighted by molar-refractivity contribution is 6.17. The van der Waals surface area contributed by atoms with Gasteiger partial charge in [-0.15, -0.1) is 11.6 Å². The largest absolute Gasteiger partial charge is 0.385 e. The molecule has 0 spiro atoms. The van der Waals surface area contributed by atoms with Gasteiger partial charge in [-0.05, 0) is 30.7 Å². The van der Waals surface area contributed by atoms with Crippen molar-refractivity contribution in [1.29, 1.82) is 0 Å². The molecule has 1 aromatic carbocycles. The van der Waals surface area contributed by atoms with E-state index in [4.69, 9.17) is 11.6 Å². The maximum atomic E-state index is 10.7. The van der Waals surface area contributed by atoms with Gasteiger partial charge in [-0.2, -0.15) is 0 Å². The number of hydrogen-bond acceptors (Lipinski definition) is 1. The second-order valence-corrected chi connectivity index (χ2v) is 5.17. The lowest BCUT2D eigenvalue weighted by molar-refractivity contribution is 0.00615. The summed E-state index contributed by atoms with van der Waals surface area (Å²) in [6, 6.07) is 9.91. The summed E-state index contributed by atoms with van der Waals surface area (Å²) in [7, 11) is 0. The third-order valence-corrected chi connectivity index (χ3v) is 3.05. The zero-order valence-electron chi connectivity index (χ0n) is 10.1. The smallest absolute Gasteiger partial charge is 0.0899 e. The lowest BCUT2D eigenvalue weighted by Gasteiger charge is -2.30. The summed E-state index contributed by atoms with van der Waals surface area (Å²) in [5.74, 6) is 1.08. The minimum Gasteiger partial charge on any atom is -0.385 e. The number of benzene rings is 1. The topological polar surface area (TPSA) is 20.2 Å². The zero-order valence-corrected chi connectivity index (χ0v) is 10.9. The van der Waals surface area contributed by atoms with E-state index in [0.717, 1.165) is 24.8 Å². The van der Waals surface area contributed by atoms with Crippen molar-refractivity contribution in [2.75, 3.05) is 5.88 Å². The average Bonchev–Trinajstić information content (AvgIpc) is 2.27. The SMILES string of the molecule is CC(C)C[C@@](O)(CCCCl)c1ccccc1. The molecule has 0 saturated carbocycles. The van der Waals surface area contributed by atoms with Gasteiger partial charge in [0.2, 0.25) is 0 Å². The quantitative estimate of drug-likeness (QED) is 0.747. The van der Waals surface area contributed by atoms with Gasteiger partial charge in [0.15, 0.2) is 0 Å². The van der Waals surface area contributed by atoms with Gasteiger partial charge in [0, 0.05) is 5.88 Å². The Morgan fingerprint density at radius 2 is 1.88 bits per heavy atom. The molecule has 0 bridgehead atoms. The Morgan fingerprint density at radius 1 is 1.25 bits per heavy atom. The molecule has 1 nitrogen and oxygen atoms in total. The van der Waals surface area contributed by atoms with Gasteiger partial charge in [0.05, 0.1) is 5.60 Å². The minimum atomic E-state index is -0.718. The van der Waals surface area contributed by atoms with Crippen LogP contribution in [0.2, 0.25) is 0 Å². The van der Waals surface area contributed by atoms with Crippen molar-refractivity contribution in [1.82, 2.24) is 0 Å². The molecule has 1 aromatic rings. The number of alkyl halides is 1. The first kappa shape index (κ1) is 13.5. The molecule has 0 aliphatic rings. The molecule has 0 unspecified atom stereocenters. The molecule has 0 aliphatic carbocycles. The van der Waals surface area contributed by atoms with Crippen LogP contribution in [-0.2, 0) is 5.60 Å². The first-order chi connectivity index (χ1) is 7.58. The van der Waals surface area contributed by atoms with Crippen LogP contribution in [-0.4, -0.2) is 11.0 Å². The number of aliphatic hydroxyl groups is 1. The third kappa shape index (κ3) is 3.80. The van der Waals surface area contributed by atoms with Crippen LogP contribution in [0.4, 0.5) is 0 Å². The summed E-state index contributed by atoms with van der Waals surface area (Å²) >= 11 is 5.72. The summed E-state index contributed by atoms with van der Waals surface area (Å²) in [4.78, 5) is 0. The van der Waals surface area contributed by atoms with Gasteiger partial charge in [-0.25, -0.2) is 0 Å². The second kappa shape index (κ2) is 6.27. The van der Waals surface area contributed by atoms with Crippen LogP contribution < -0.4 is 0 Å². The first-order valence-electron chi connectivity index (χ1n) is 5.92. The Balaban J connectivity index is 2.85. The molecule has 2 heteroatoms. The molecule has 0 saturated heterocycles. The van der Waals surface area contributed by atoms with Gasteiger partial charge < -0.3 is 5.11 Å². The van der Waals surface area contributed by atoms with Gasteiger partial charge >= 0.3 is 0 Å². The zero-order chi connectivity index (χ0) is 12.0. The molecule has 90 valence electrons. The number of halogens is 1. The van der Waals surface area contributed by atoms with Crippen LogP contribution in [0.25, 0.3) is 0 Å². The van der Waals surface area contributed by atoms with Gasteiger partial charge in [0.25, 0.3) is 0 Å². The van der Waals surface area contributed by atoms with Crippen molar-refractivity contribution >= 4 is 11.6 Å². The fraction of sp³-hybridized carbons (Fsp3) is 0.571. The molecule has 1 N–H and O–H groups in total. The van der Waals surface area contributed by atoms with Crippen LogP contribution in [0, 0.1) is 5.92 Å². The standard InChI is InChI=1S/C14H21ClO/c1-12(2)11-14(16,9-6-10-15)13-7-4-3-5-8-13/h3-5,7-8,12,16H,6,9-11H2,1-2H3/t14-/m0/s1. The normalized spacial score (nSPS) is 15.1. The molecule has 0 aliphatic heterocycles. The predicted octanol–water partition coefficient (Wildman–Crippen LogP) is 3.94. The van der Waals surface area contributed by atoms with Crippen LogP contribution in [0.5, 0.6) is 0 Å². The molecule has 0 amide bonds. The van der Waals surface area contributed by atoms with Crippen molar-refractivity contribution in [3.05, 3.63) is 35.9 Å². The van der Waals surface area contributed by atoms with Crippen molar-refractivity contribution in [2.24, 2.45) is 5.92 Å². The van der Waals surface area contributed by atoms with E-state index in [1.807, 2.05) is 30.3 Å². The van der Waals surface area contributed by atoms with Crippen molar-refractivity contribution < 1.29 is 5.11 Å². The highest BCUT2D eigenvalue weighted by Gasteiger charge is 2.29. The molecule has 1 atom stereocenters. The molecule has 1 rings (SSSR count). The van der Waals surface area contributed by atoms with E-state index in [2.05, 4.69) is 13.8 Å². The molecular formula is C14H21ClO. The molecule has 0 fully saturated rings. The third-order valence-electron chi connectivity index (χ3n) is 2.78. The molecule has 0 radical (unpaired) electrons. The van der Waals surface area contributed by atoms with Crippen LogP contribution in [0.1, 0.15) is 38.7 Å². The van der Waals surface area contributed by atoms with Crippen LogP contribution >= 0.6 is 11.6 Å². The summed E-state index contributed by atoms with van der Waals surface area (Å²) < 4.78 is 0. The minimum absolute atomic E-state index is 0.473. The van der Waals surface area contributed by atoms with E-state index >= 15 is 0 Å². The lowest BCUT2D eigenvalue weighted by atomic mass is 9.82. The number of rotatable bonds is 6. The van der Waals surface area contributed by atoms with Gasteiger partial charge in [0.1, 0.15) is 0 Å². The maximum absolute atomic E-state index is 10.7. The highest BCUT2D eigenvalue weighted by Crippen LogP contribution is 2.33. The Morgan fingerprint density at radius 3 is 2.38 bits per heavy atom. The number of hydrogen-bond donors (Lipinski definition) is 1. The summed E-state index contributed by atoms with van der Waals surface area (Å²) in [6.45, 7) is 4.27. The fourth-order valence-corrected chi connectivity index (χ4v) is 2.28. The maximum Gasteiger partial charge on any atom is 0.0899 e. The summed E-state index contributed by atoms with van der Waals surface area (Å²) in [5, 5.41) is 10.7. The highest BCUT2D eigenvalue weighted by atomic mass is 35.5. The second-order valence-electron chi connectivity index (χ2n) is 4.79. The van der Waals surface area contributed by atoms with Crippen molar-refractivity contribution in [3.8, 4) is 0 Å². The Bertz CT molecular complexity index is 297. The average molecular weight is 241 g/mol.